The third-order valence-corrected chi connectivity index (χ3v) is 7.29. The van der Waals surface area contributed by atoms with Gasteiger partial charge >= 0.3 is 12.1 Å². The van der Waals surface area contributed by atoms with E-state index in [1.54, 1.807) is 4.90 Å². The summed E-state index contributed by atoms with van der Waals surface area (Å²) in [5, 5.41) is 6.29. The Kier molecular flexibility index (Phi) is 4.43. The number of carbonyl (C=O) groups is 2. The molecule has 0 aromatic carbocycles. The number of carbonyl (C=O) groups excluding carboxylic acids is 2. The molecule has 2 aliphatic carbocycles. The van der Waals surface area contributed by atoms with Crippen LogP contribution in [0.5, 0.6) is 0 Å². The van der Waals surface area contributed by atoms with Crippen LogP contribution >= 0.6 is 0 Å². The van der Waals surface area contributed by atoms with Crippen LogP contribution in [0.2, 0.25) is 0 Å². The summed E-state index contributed by atoms with van der Waals surface area (Å²) in [7, 11) is 1.39. The lowest BCUT2D eigenvalue weighted by atomic mass is 9.69. The van der Waals surface area contributed by atoms with Crippen molar-refractivity contribution in [1.29, 1.82) is 0 Å². The zero-order valence-electron chi connectivity index (χ0n) is 15.4. The van der Waals surface area contributed by atoms with Crippen LogP contribution in [-0.4, -0.2) is 49.3 Å². The van der Waals surface area contributed by atoms with Crippen molar-refractivity contribution < 1.29 is 14.3 Å². The van der Waals surface area contributed by atoms with Crippen LogP contribution in [0.4, 0.5) is 9.59 Å². The number of methoxy groups -OCH3 is 1. The second-order valence-electron chi connectivity index (χ2n) is 8.54. The number of rotatable bonds is 2. The Morgan fingerprint density at radius 3 is 2.50 bits per heavy atom. The highest BCUT2D eigenvalue weighted by Crippen LogP contribution is 2.65. The van der Waals surface area contributed by atoms with E-state index in [1.165, 1.54) is 20.0 Å². The monoisotopic (exact) mass is 337 g/mol. The van der Waals surface area contributed by atoms with Gasteiger partial charge in [-0.1, -0.05) is 20.8 Å². The van der Waals surface area contributed by atoms with E-state index < -0.39 is 0 Å². The smallest absolute Gasteiger partial charge is 0.409 e. The van der Waals surface area contributed by atoms with E-state index in [2.05, 4.69) is 31.4 Å². The lowest BCUT2D eigenvalue weighted by molar-refractivity contribution is 0.106. The molecular formula is C18H31N3O3. The number of nitrogens with zero attached hydrogens (tertiary/aromatic N) is 1. The van der Waals surface area contributed by atoms with Gasteiger partial charge in [-0.2, -0.15) is 0 Å². The summed E-state index contributed by atoms with van der Waals surface area (Å²) in [6, 6.07) is 0.144. The average Bonchev–Trinajstić information content (AvgIpc) is 2.87. The van der Waals surface area contributed by atoms with Gasteiger partial charge in [0.25, 0.3) is 0 Å². The second-order valence-corrected chi connectivity index (χ2v) is 8.54. The third-order valence-electron chi connectivity index (χ3n) is 7.29. The standard InChI is InChI=1S/C18H31N3O3/c1-17(2)12-7-8-18(17,3)14(10-12)20-15(22)19-13-6-5-9-21(11-13)16(23)24-4/h12-14H,5-11H2,1-4H3,(H2,19,20,22)/t12-,13+,14+,18-/m1/s1. The largest absolute Gasteiger partial charge is 0.453 e. The lowest BCUT2D eigenvalue weighted by Crippen LogP contribution is -2.55. The Morgan fingerprint density at radius 2 is 1.92 bits per heavy atom. The minimum atomic E-state index is -0.315. The van der Waals surface area contributed by atoms with Crippen LogP contribution in [0.1, 0.15) is 52.9 Å². The van der Waals surface area contributed by atoms with Crippen molar-refractivity contribution >= 4 is 12.1 Å². The van der Waals surface area contributed by atoms with Gasteiger partial charge in [-0.3, -0.25) is 0 Å². The summed E-state index contributed by atoms with van der Waals surface area (Å²) in [5.41, 5.74) is 0.469. The number of nitrogens with one attached hydrogen (secondary N) is 2. The Hall–Kier alpha value is -1.46. The number of piperidine rings is 1. The summed E-state index contributed by atoms with van der Waals surface area (Å²) in [6.45, 7) is 8.24. The molecule has 0 aromatic rings. The van der Waals surface area contributed by atoms with E-state index in [9.17, 15) is 9.59 Å². The first-order valence-corrected chi connectivity index (χ1v) is 9.18. The molecule has 136 valence electrons. The molecule has 3 fully saturated rings. The highest BCUT2D eigenvalue weighted by atomic mass is 16.5. The molecule has 6 heteroatoms. The van der Waals surface area contributed by atoms with Gasteiger partial charge in [-0.05, 0) is 48.9 Å². The van der Waals surface area contributed by atoms with Gasteiger partial charge in [0.15, 0.2) is 0 Å². The van der Waals surface area contributed by atoms with Crippen LogP contribution in [0, 0.1) is 16.7 Å². The van der Waals surface area contributed by atoms with Crippen molar-refractivity contribution in [3.63, 3.8) is 0 Å². The zero-order valence-corrected chi connectivity index (χ0v) is 15.4. The minimum Gasteiger partial charge on any atom is -0.453 e. The highest BCUT2D eigenvalue weighted by molar-refractivity contribution is 5.75. The minimum absolute atomic E-state index is 0.00254. The van der Waals surface area contributed by atoms with E-state index in [0.717, 1.165) is 19.3 Å². The van der Waals surface area contributed by atoms with Gasteiger partial charge in [0.1, 0.15) is 0 Å². The molecule has 0 spiro atoms. The number of ether oxygens (including phenoxy) is 1. The SMILES string of the molecule is COC(=O)N1CCC[C@H](NC(=O)N[C@H]2C[C@H]3CC[C@@]2(C)C3(C)C)C1. The van der Waals surface area contributed by atoms with Crippen molar-refractivity contribution in [2.24, 2.45) is 16.7 Å². The van der Waals surface area contributed by atoms with Crippen molar-refractivity contribution in [2.75, 3.05) is 20.2 Å². The molecular weight excluding hydrogens is 306 g/mol. The molecule has 4 atom stereocenters. The van der Waals surface area contributed by atoms with E-state index in [1.807, 2.05) is 0 Å². The quantitative estimate of drug-likeness (QED) is 0.814. The first-order chi connectivity index (χ1) is 11.3. The fourth-order valence-corrected chi connectivity index (χ4v) is 5.20. The van der Waals surface area contributed by atoms with Gasteiger partial charge in [0.2, 0.25) is 0 Å². The van der Waals surface area contributed by atoms with Gasteiger partial charge in [-0.15, -0.1) is 0 Å². The summed E-state index contributed by atoms with van der Waals surface area (Å²) >= 11 is 0. The van der Waals surface area contributed by atoms with Gasteiger partial charge in [0.05, 0.1) is 7.11 Å². The summed E-state index contributed by atoms with van der Waals surface area (Å²) < 4.78 is 4.78. The molecule has 3 aliphatic rings. The third kappa shape index (κ3) is 2.74. The molecule has 3 amide bonds. The maximum absolute atomic E-state index is 12.5. The van der Waals surface area contributed by atoms with Crippen molar-refractivity contribution in [3.8, 4) is 0 Å². The first kappa shape index (κ1) is 17.4. The van der Waals surface area contributed by atoms with E-state index in [4.69, 9.17) is 4.74 Å². The number of hydrogen-bond acceptors (Lipinski definition) is 3. The van der Waals surface area contributed by atoms with Crippen LogP contribution in [-0.2, 0) is 4.74 Å². The summed E-state index contributed by atoms with van der Waals surface area (Å²) in [5.74, 6) is 0.706. The zero-order chi connectivity index (χ0) is 17.5. The maximum atomic E-state index is 12.5. The van der Waals surface area contributed by atoms with Gasteiger partial charge in [-0.25, -0.2) is 9.59 Å². The predicted molar refractivity (Wildman–Crippen MR) is 91.7 cm³/mol. The Labute approximate surface area is 144 Å². The summed E-state index contributed by atoms with van der Waals surface area (Å²) in [4.78, 5) is 25.8. The van der Waals surface area contributed by atoms with Gasteiger partial charge < -0.3 is 20.3 Å². The molecule has 2 saturated carbocycles. The molecule has 2 N–H and O–H groups in total. The molecule has 0 aromatic heterocycles. The van der Waals surface area contributed by atoms with Crippen LogP contribution in [0.3, 0.4) is 0 Å². The average molecular weight is 337 g/mol. The topological polar surface area (TPSA) is 70.7 Å². The van der Waals surface area contributed by atoms with Crippen LogP contribution < -0.4 is 10.6 Å². The molecule has 3 rings (SSSR count). The van der Waals surface area contributed by atoms with Crippen molar-refractivity contribution in [1.82, 2.24) is 15.5 Å². The summed E-state index contributed by atoms with van der Waals surface area (Å²) in [6.07, 6.45) is 5.02. The Bertz CT molecular complexity index is 522. The fourth-order valence-electron chi connectivity index (χ4n) is 5.20. The van der Waals surface area contributed by atoms with Crippen molar-refractivity contribution in [3.05, 3.63) is 0 Å². The Morgan fingerprint density at radius 1 is 1.17 bits per heavy atom. The molecule has 1 aliphatic heterocycles. The number of urea groups is 1. The number of fused-ring (bicyclic) bond motifs is 2. The molecule has 6 nitrogen and oxygen atoms in total. The molecule has 2 bridgehead atoms. The maximum Gasteiger partial charge on any atom is 0.409 e. The normalized spacial score (nSPS) is 37.2. The van der Waals surface area contributed by atoms with Crippen LogP contribution in [0.25, 0.3) is 0 Å². The fraction of sp³-hybridized carbons (Fsp3) is 0.889. The molecule has 24 heavy (non-hydrogen) atoms. The number of hydrogen-bond donors (Lipinski definition) is 2. The Balaban J connectivity index is 1.54. The highest BCUT2D eigenvalue weighted by Gasteiger charge is 2.61. The number of amides is 3. The molecule has 0 radical (unpaired) electrons. The second kappa shape index (κ2) is 6.12. The lowest BCUT2D eigenvalue weighted by Gasteiger charge is -2.40. The predicted octanol–water partition coefficient (Wildman–Crippen LogP) is 2.73. The molecule has 1 heterocycles. The van der Waals surface area contributed by atoms with Gasteiger partial charge in [0, 0.05) is 25.2 Å². The number of likely N-dealkylation sites (tertiary alicyclic amines) is 1. The first-order valence-electron chi connectivity index (χ1n) is 9.18. The van der Waals surface area contributed by atoms with Crippen molar-refractivity contribution in [2.45, 2.75) is 65.0 Å². The van der Waals surface area contributed by atoms with Crippen LogP contribution in [0.15, 0.2) is 0 Å². The molecule has 1 saturated heterocycles. The van der Waals surface area contributed by atoms with E-state index in [0.29, 0.717) is 19.0 Å². The molecule has 0 unspecified atom stereocenters. The van der Waals surface area contributed by atoms with E-state index in [-0.39, 0.29) is 35.0 Å². The van der Waals surface area contributed by atoms with E-state index >= 15 is 0 Å².